The molecule has 0 unspecified atom stereocenters. The van der Waals surface area contributed by atoms with E-state index in [0.29, 0.717) is 23.8 Å². The fourth-order valence-corrected chi connectivity index (χ4v) is 5.04. The van der Waals surface area contributed by atoms with E-state index in [4.69, 9.17) is 11.6 Å². The second-order valence-electron chi connectivity index (χ2n) is 7.39. The molecule has 0 spiro atoms. The minimum absolute atomic E-state index is 0.00523. The molecule has 3 rings (SSSR count). The van der Waals surface area contributed by atoms with Crippen LogP contribution < -0.4 is 10.6 Å². The van der Waals surface area contributed by atoms with Crippen LogP contribution in [0.25, 0.3) is 0 Å². The number of anilines is 1. The van der Waals surface area contributed by atoms with Gasteiger partial charge in [-0.3, -0.25) is 15.0 Å². The summed E-state index contributed by atoms with van der Waals surface area (Å²) in [7, 11) is -3.64. The zero-order chi connectivity index (χ0) is 22.6. The van der Waals surface area contributed by atoms with Gasteiger partial charge in [0.15, 0.2) is 0 Å². The average Bonchev–Trinajstić information content (AvgIpc) is 2.71. The quantitative estimate of drug-likeness (QED) is 0.708. The number of nitrogens with one attached hydrogen (secondary N) is 2. The Labute approximate surface area is 187 Å². The molecule has 3 amide bonds. The first-order valence-electron chi connectivity index (χ1n) is 9.82. The molecule has 0 bridgehead atoms. The summed E-state index contributed by atoms with van der Waals surface area (Å²) in [6.07, 6.45) is 0. The van der Waals surface area contributed by atoms with E-state index in [0.717, 1.165) is 11.1 Å². The van der Waals surface area contributed by atoms with Crippen LogP contribution in [0.5, 0.6) is 0 Å². The van der Waals surface area contributed by atoms with Gasteiger partial charge in [-0.1, -0.05) is 29.8 Å². The molecule has 0 saturated carbocycles. The molecule has 166 valence electrons. The maximum atomic E-state index is 12.8. The highest BCUT2D eigenvalue weighted by atomic mass is 35.5. The van der Waals surface area contributed by atoms with Crippen molar-refractivity contribution in [1.29, 1.82) is 0 Å². The van der Waals surface area contributed by atoms with E-state index in [1.807, 2.05) is 30.9 Å². The number of hydrogen-bond donors (Lipinski definition) is 2. The Balaban J connectivity index is 1.49. The number of sulfonamides is 1. The summed E-state index contributed by atoms with van der Waals surface area (Å²) in [6.45, 7) is 5.09. The second kappa shape index (κ2) is 9.78. The molecule has 1 aliphatic rings. The van der Waals surface area contributed by atoms with Crippen molar-refractivity contribution in [3.63, 3.8) is 0 Å². The molecular formula is C21H25ClN4O4S. The minimum Gasteiger partial charge on any atom is -0.307 e. The van der Waals surface area contributed by atoms with E-state index in [1.54, 1.807) is 18.2 Å². The lowest BCUT2D eigenvalue weighted by Gasteiger charge is -2.33. The largest absolute Gasteiger partial charge is 0.325 e. The molecule has 0 atom stereocenters. The molecule has 2 aromatic carbocycles. The standard InChI is InChI=1S/C21H25ClN4O4S/c1-15-5-3-8-19(16(15)2)23-21(28)24-20(27)14-25-9-11-26(12-10-25)31(29,30)18-7-4-6-17(22)13-18/h3-8,13H,9-12,14H2,1-2H3,(H2,23,24,27,28). The van der Waals surface area contributed by atoms with E-state index in [2.05, 4.69) is 10.6 Å². The third kappa shape index (κ3) is 5.82. The maximum absolute atomic E-state index is 12.8. The Morgan fingerprint density at radius 3 is 2.39 bits per heavy atom. The van der Waals surface area contributed by atoms with Crippen molar-refractivity contribution in [2.45, 2.75) is 18.7 Å². The summed E-state index contributed by atoms with van der Waals surface area (Å²) in [4.78, 5) is 26.3. The summed E-state index contributed by atoms with van der Waals surface area (Å²) in [5.74, 6) is -0.450. The molecule has 2 N–H and O–H groups in total. The summed E-state index contributed by atoms with van der Waals surface area (Å²) in [5, 5.41) is 5.36. The molecule has 1 heterocycles. The van der Waals surface area contributed by atoms with Gasteiger partial charge >= 0.3 is 6.03 Å². The Hall–Kier alpha value is -2.46. The first kappa shape index (κ1) is 23.2. The normalized spacial score (nSPS) is 15.5. The lowest BCUT2D eigenvalue weighted by Crippen LogP contribution is -2.51. The minimum atomic E-state index is -3.64. The molecule has 1 aliphatic heterocycles. The number of nitrogens with zero attached hydrogens (tertiary/aromatic N) is 2. The average molecular weight is 465 g/mol. The van der Waals surface area contributed by atoms with Crippen LogP contribution in [0.2, 0.25) is 5.02 Å². The molecule has 0 radical (unpaired) electrons. The monoisotopic (exact) mass is 464 g/mol. The van der Waals surface area contributed by atoms with Crippen molar-refractivity contribution in [1.82, 2.24) is 14.5 Å². The van der Waals surface area contributed by atoms with Crippen molar-refractivity contribution in [2.24, 2.45) is 0 Å². The van der Waals surface area contributed by atoms with Gasteiger partial charge in [0.25, 0.3) is 0 Å². The van der Waals surface area contributed by atoms with Crippen LogP contribution in [0.4, 0.5) is 10.5 Å². The SMILES string of the molecule is Cc1cccc(NC(=O)NC(=O)CN2CCN(S(=O)(=O)c3cccc(Cl)c3)CC2)c1C. The zero-order valence-electron chi connectivity index (χ0n) is 17.4. The van der Waals surface area contributed by atoms with Crippen molar-refractivity contribution in [3.05, 3.63) is 58.6 Å². The van der Waals surface area contributed by atoms with Gasteiger partial charge in [0, 0.05) is 36.9 Å². The molecule has 10 heteroatoms. The predicted octanol–water partition coefficient (Wildman–Crippen LogP) is 2.61. The Morgan fingerprint density at radius 1 is 1.03 bits per heavy atom. The number of amides is 3. The Bertz CT molecular complexity index is 1080. The molecule has 8 nitrogen and oxygen atoms in total. The number of halogens is 1. The van der Waals surface area contributed by atoms with E-state index in [9.17, 15) is 18.0 Å². The van der Waals surface area contributed by atoms with Crippen LogP contribution in [0.15, 0.2) is 47.4 Å². The topological polar surface area (TPSA) is 98.8 Å². The number of aryl methyl sites for hydroxylation is 1. The van der Waals surface area contributed by atoms with Gasteiger partial charge in [0.1, 0.15) is 0 Å². The van der Waals surface area contributed by atoms with Crippen LogP contribution in [-0.2, 0) is 14.8 Å². The van der Waals surface area contributed by atoms with E-state index >= 15 is 0 Å². The van der Waals surface area contributed by atoms with Crippen molar-refractivity contribution >= 4 is 39.2 Å². The van der Waals surface area contributed by atoms with Crippen molar-refractivity contribution in [3.8, 4) is 0 Å². The van der Waals surface area contributed by atoms with Gasteiger partial charge < -0.3 is 5.32 Å². The molecule has 1 saturated heterocycles. The van der Waals surface area contributed by atoms with Gasteiger partial charge in [0.05, 0.1) is 11.4 Å². The van der Waals surface area contributed by atoms with E-state index in [-0.39, 0.29) is 24.5 Å². The van der Waals surface area contributed by atoms with Crippen LogP contribution >= 0.6 is 11.6 Å². The van der Waals surface area contributed by atoms with Crippen molar-refractivity contribution < 1.29 is 18.0 Å². The predicted molar refractivity (Wildman–Crippen MR) is 120 cm³/mol. The number of piperazine rings is 1. The van der Waals surface area contributed by atoms with E-state index < -0.39 is 22.0 Å². The third-order valence-electron chi connectivity index (χ3n) is 5.24. The number of carbonyl (C=O) groups is 2. The van der Waals surface area contributed by atoms with Gasteiger partial charge in [-0.15, -0.1) is 0 Å². The van der Waals surface area contributed by atoms with Crippen molar-refractivity contribution in [2.75, 3.05) is 38.0 Å². The fourth-order valence-electron chi connectivity index (χ4n) is 3.31. The highest BCUT2D eigenvalue weighted by Gasteiger charge is 2.29. The van der Waals surface area contributed by atoms with Crippen LogP contribution in [0.3, 0.4) is 0 Å². The fraction of sp³-hybridized carbons (Fsp3) is 0.333. The highest BCUT2D eigenvalue weighted by Crippen LogP contribution is 2.21. The number of imide groups is 1. The first-order valence-corrected chi connectivity index (χ1v) is 11.6. The number of urea groups is 1. The summed E-state index contributed by atoms with van der Waals surface area (Å²) >= 11 is 5.91. The van der Waals surface area contributed by atoms with Crippen LogP contribution in [0.1, 0.15) is 11.1 Å². The third-order valence-corrected chi connectivity index (χ3v) is 7.37. The number of carbonyl (C=O) groups excluding carboxylic acids is 2. The smallest absolute Gasteiger partial charge is 0.307 e. The van der Waals surface area contributed by atoms with Gasteiger partial charge in [-0.05, 0) is 49.2 Å². The molecule has 0 aromatic heterocycles. The van der Waals surface area contributed by atoms with Gasteiger partial charge in [-0.2, -0.15) is 4.31 Å². The van der Waals surface area contributed by atoms with Crippen LogP contribution in [-0.4, -0.2) is 62.3 Å². The first-order chi connectivity index (χ1) is 14.7. The number of benzene rings is 2. The molecular weight excluding hydrogens is 440 g/mol. The molecule has 1 fully saturated rings. The second-order valence-corrected chi connectivity index (χ2v) is 9.76. The lowest BCUT2D eigenvalue weighted by molar-refractivity contribution is -0.121. The Kier molecular flexibility index (Phi) is 7.32. The lowest BCUT2D eigenvalue weighted by atomic mass is 10.1. The summed E-state index contributed by atoms with van der Waals surface area (Å²) in [6, 6.07) is 11.1. The number of rotatable bonds is 5. The zero-order valence-corrected chi connectivity index (χ0v) is 19.0. The summed E-state index contributed by atoms with van der Waals surface area (Å²) < 4.78 is 26.9. The maximum Gasteiger partial charge on any atom is 0.325 e. The van der Waals surface area contributed by atoms with Gasteiger partial charge in [-0.25, -0.2) is 13.2 Å². The van der Waals surface area contributed by atoms with Gasteiger partial charge in [0.2, 0.25) is 15.9 Å². The molecule has 2 aromatic rings. The highest BCUT2D eigenvalue weighted by molar-refractivity contribution is 7.89. The molecule has 0 aliphatic carbocycles. The molecule has 31 heavy (non-hydrogen) atoms. The van der Waals surface area contributed by atoms with Crippen LogP contribution in [0, 0.1) is 13.8 Å². The number of hydrogen-bond acceptors (Lipinski definition) is 5. The van der Waals surface area contributed by atoms with E-state index in [1.165, 1.54) is 16.4 Å². The summed E-state index contributed by atoms with van der Waals surface area (Å²) in [5.41, 5.74) is 2.61. The Morgan fingerprint density at radius 2 is 1.71 bits per heavy atom.